The second-order valence-electron chi connectivity index (χ2n) is 5.68. The molecule has 0 radical (unpaired) electrons. The third-order valence-corrected chi connectivity index (χ3v) is 4.05. The van der Waals surface area contributed by atoms with E-state index in [2.05, 4.69) is 4.74 Å². The lowest BCUT2D eigenvalue weighted by Crippen LogP contribution is -2.17. The summed E-state index contributed by atoms with van der Waals surface area (Å²) in [4.78, 5) is 11.2. The maximum absolute atomic E-state index is 12.5. The highest BCUT2D eigenvalue weighted by Crippen LogP contribution is 2.39. The molecule has 0 bridgehead atoms. The SMILES string of the molecule is Cc1c(Oc2ccc(Cl)cc2)c2cc(OC(F)(F)F)ccc2n1CC(=O)O. The first-order valence-electron chi connectivity index (χ1n) is 7.68. The van der Waals surface area contributed by atoms with Crippen LogP contribution in [0.5, 0.6) is 17.2 Å². The minimum atomic E-state index is -4.84. The summed E-state index contributed by atoms with van der Waals surface area (Å²) in [6, 6.07) is 10.0. The Bertz CT molecular complexity index is 996. The van der Waals surface area contributed by atoms with E-state index in [4.69, 9.17) is 21.4 Å². The van der Waals surface area contributed by atoms with Crippen molar-refractivity contribution in [1.82, 2.24) is 4.57 Å². The number of carboxylic acid groups (broad SMARTS) is 1. The number of carbonyl (C=O) groups is 1. The first kappa shape index (κ1) is 18.9. The van der Waals surface area contributed by atoms with Crippen molar-refractivity contribution in [1.29, 1.82) is 0 Å². The van der Waals surface area contributed by atoms with Crippen LogP contribution in [-0.2, 0) is 11.3 Å². The van der Waals surface area contributed by atoms with Crippen molar-refractivity contribution in [2.45, 2.75) is 19.8 Å². The minimum absolute atomic E-state index is 0.237. The molecule has 0 fully saturated rings. The zero-order chi connectivity index (χ0) is 19.8. The fourth-order valence-corrected chi connectivity index (χ4v) is 2.84. The Kier molecular flexibility index (Phi) is 4.93. The van der Waals surface area contributed by atoms with Gasteiger partial charge in [0.1, 0.15) is 18.0 Å². The predicted molar refractivity (Wildman–Crippen MR) is 92.5 cm³/mol. The summed E-state index contributed by atoms with van der Waals surface area (Å²) in [6.07, 6.45) is -4.84. The Morgan fingerprint density at radius 1 is 1.15 bits per heavy atom. The maximum Gasteiger partial charge on any atom is 0.573 e. The molecule has 5 nitrogen and oxygen atoms in total. The van der Waals surface area contributed by atoms with Crippen molar-refractivity contribution in [2.75, 3.05) is 0 Å². The van der Waals surface area contributed by atoms with Gasteiger partial charge in [-0.3, -0.25) is 4.79 Å². The Morgan fingerprint density at radius 2 is 1.78 bits per heavy atom. The standard InChI is InChI=1S/C18H13ClF3NO4/c1-10-17(26-12-4-2-11(19)3-5-12)14-8-13(27-18(20,21)22)6-7-15(14)23(10)9-16(24)25/h2-8H,9H2,1H3,(H,24,25). The van der Waals surface area contributed by atoms with Gasteiger partial charge in [-0.2, -0.15) is 0 Å². The van der Waals surface area contributed by atoms with Crippen LogP contribution in [0.1, 0.15) is 5.69 Å². The molecule has 0 aliphatic heterocycles. The summed E-state index contributed by atoms with van der Waals surface area (Å²) in [5.74, 6) is -0.882. The van der Waals surface area contributed by atoms with E-state index in [0.29, 0.717) is 27.4 Å². The van der Waals surface area contributed by atoms with Crippen LogP contribution in [0, 0.1) is 6.92 Å². The smallest absolute Gasteiger partial charge is 0.480 e. The van der Waals surface area contributed by atoms with Gasteiger partial charge in [-0.25, -0.2) is 0 Å². The summed E-state index contributed by atoms with van der Waals surface area (Å²) >= 11 is 5.84. The number of rotatable bonds is 5. The lowest BCUT2D eigenvalue weighted by molar-refractivity contribution is -0.274. The van der Waals surface area contributed by atoms with E-state index in [1.165, 1.54) is 16.7 Å². The summed E-state index contributed by atoms with van der Waals surface area (Å²) in [5, 5.41) is 9.93. The molecule has 1 N–H and O–H groups in total. The topological polar surface area (TPSA) is 60.7 Å². The van der Waals surface area contributed by atoms with Crippen LogP contribution >= 0.6 is 11.6 Å². The van der Waals surface area contributed by atoms with Gasteiger partial charge in [0, 0.05) is 10.4 Å². The number of fused-ring (bicyclic) bond motifs is 1. The van der Waals surface area contributed by atoms with Crippen LogP contribution in [0.4, 0.5) is 13.2 Å². The van der Waals surface area contributed by atoms with Gasteiger partial charge < -0.3 is 19.1 Å². The zero-order valence-electron chi connectivity index (χ0n) is 13.9. The number of hydrogen-bond donors (Lipinski definition) is 1. The van der Waals surface area contributed by atoms with Gasteiger partial charge in [0.25, 0.3) is 0 Å². The van der Waals surface area contributed by atoms with Crippen molar-refractivity contribution in [2.24, 2.45) is 0 Å². The number of nitrogens with zero attached hydrogens (tertiary/aromatic N) is 1. The van der Waals surface area contributed by atoms with Gasteiger partial charge in [0.2, 0.25) is 0 Å². The van der Waals surface area contributed by atoms with Crippen molar-refractivity contribution in [3.8, 4) is 17.2 Å². The zero-order valence-corrected chi connectivity index (χ0v) is 14.6. The van der Waals surface area contributed by atoms with Crippen LogP contribution in [-0.4, -0.2) is 22.0 Å². The number of halogens is 4. The number of ether oxygens (including phenoxy) is 2. The average molecular weight is 400 g/mol. The molecule has 0 unspecified atom stereocenters. The van der Waals surface area contributed by atoms with E-state index in [1.807, 2.05) is 0 Å². The van der Waals surface area contributed by atoms with E-state index >= 15 is 0 Å². The second kappa shape index (κ2) is 7.03. The molecule has 0 spiro atoms. The van der Waals surface area contributed by atoms with E-state index < -0.39 is 18.1 Å². The number of aromatic nitrogens is 1. The maximum atomic E-state index is 12.5. The van der Waals surface area contributed by atoms with Crippen molar-refractivity contribution < 1.29 is 32.5 Å². The fraction of sp³-hybridized carbons (Fsp3) is 0.167. The largest absolute Gasteiger partial charge is 0.573 e. The lowest BCUT2D eigenvalue weighted by Gasteiger charge is -2.09. The van der Waals surface area contributed by atoms with E-state index in [9.17, 15) is 18.0 Å². The highest BCUT2D eigenvalue weighted by Gasteiger charge is 2.31. The third kappa shape index (κ3) is 4.28. The molecule has 0 atom stereocenters. The molecule has 0 aliphatic rings. The molecule has 1 heterocycles. The van der Waals surface area contributed by atoms with Crippen LogP contribution in [0.15, 0.2) is 42.5 Å². The molecule has 142 valence electrons. The number of benzene rings is 2. The number of hydrogen-bond acceptors (Lipinski definition) is 3. The number of aliphatic carboxylic acids is 1. The number of carboxylic acids is 1. The molecule has 0 saturated carbocycles. The molecule has 27 heavy (non-hydrogen) atoms. The van der Waals surface area contributed by atoms with E-state index in [-0.39, 0.29) is 12.3 Å². The normalized spacial score (nSPS) is 11.6. The van der Waals surface area contributed by atoms with E-state index in [1.54, 1.807) is 31.2 Å². The van der Waals surface area contributed by atoms with Crippen molar-refractivity contribution >= 4 is 28.5 Å². The van der Waals surface area contributed by atoms with Gasteiger partial charge in [-0.15, -0.1) is 13.2 Å². The van der Waals surface area contributed by atoms with Crippen LogP contribution in [0.25, 0.3) is 10.9 Å². The van der Waals surface area contributed by atoms with Crippen LogP contribution in [0.3, 0.4) is 0 Å². The van der Waals surface area contributed by atoms with Crippen LogP contribution < -0.4 is 9.47 Å². The third-order valence-electron chi connectivity index (χ3n) is 3.80. The summed E-state index contributed by atoms with van der Waals surface area (Å²) in [5.41, 5.74) is 0.861. The molecule has 9 heteroatoms. The Hall–Kier alpha value is -2.87. The van der Waals surface area contributed by atoms with Gasteiger partial charge in [0.15, 0.2) is 5.75 Å². The summed E-state index contributed by atoms with van der Waals surface area (Å²) in [7, 11) is 0. The molecule has 0 saturated heterocycles. The first-order chi connectivity index (χ1) is 12.6. The molecule has 1 aromatic heterocycles. The molecule has 3 rings (SSSR count). The van der Waals surface area contributed by atoms with Gasteiger partial charge in [-0.1, -0.05) is 11.6 Å². The Balaban J connectivity index is 2.12. The summed E-state index contributed by atoms with van der Waals surface area (Å²) in [6.45, 7) is 1.25. The molecule has 0 aliphatic carbocycles. The van der Waals surface area contributed by atoms with Gasteiger partial charge >= 0.3 is 12.3 Å². The summed E-state index contributed by atoms with van der Waals surface area (Å²) < 4.78 is 48.8. The molecule has 0 amide bonds. The fourth-order valence-electron chi connectivity index (χ4n) is 2.72. The molecule has 3 aromatic rings. The Morgan fingerprint density at radius 3 is 2.37 bits per heavy atom. The Labute approximate surface area is 156 Å². The van der Waals surface area contributed by atoms with Crippen molar-refractivity contribution in [3.05, 3.63) is 53.2 Å². The minimum Gasteiger partial charge on any atom is -0.480 e. The highest BCUT2D eigenvalue weighted by atomic mass is 35.5. The predicted octanol–water partition coefficient (Wildman–Crippen LogP) is 5.38. The van der Waals surface area contributed by atoms with Gasteiger partial charge in [0.05, 0.1) is 11.2 Å². The van der Waals surface area contributed by atoms with Crippen molar-refractivity contribution in [3.63, 3.8) is 0 Å². The highest BCUT2D eigenvalue weighted by molar-refractivity contribution is 6.30. The first-order valence-corrected chi connectivity index (χ1v) is 8.05. The molecular weight excluding hydrogens is 387 g/mol. The monoisotopic (exact) mass is 399 g/mol. The van der Waals surface area contributed by atoms with Crippen LogP contribution in [0.2, 0.25) is 5.02 Å². The number of alkyl halides is 3. The molecule has 2 aromatic carbocycles. The molecular formula is C18H13ClF3NO4. The van der Waals surface area contributed by atoms with E-state index in [0.717, 1.165) is 6.07 Å². The van der Waals surface area contributed by atoms with Gasteiger partial charge in [-0.05, 0) is 49.4 Å². The average Bonchev–Trinajstić information content (AvgIpc) is 2.80. The second-order valence-corrected chi connectivity index (χ2v) is 6.11. The quantitative estimate of drug-likeness (QED) is 0.625. The lowest BCUT2D eigenvalue weighted by atomic mass is 10.2.